The molecule has 2 N–H and O–H groups in total. The third-order valence-electron chi connectivity index (χ3n) is 4.44. The summed E-state index contributed by atoms with van der Waals surface area (Å²) in [5, 5.41) is 16.5. The number of ether oxygens (including phenoxy) is 2. The van der Waals surface area contributed by atoms with Gasteiger partial charge in [-0.05, 0) is 41.8 Å². The third-order valence-corrected chi connectivity index (χ3v) is 5.31. The Labute approximate surface area is 170 Å². The maximum atomic E-state index is 10.3. The van der Waals surface area contributed by atoms with Crippen LogP contribution in [0.5, 0.6) is 11.5 Å². The lowest BCUT2D eigenvalue weighted by Crippen LogP contribution is -2.21. The number of thiazole rings is 1. The van der Waals surface area contributed by atoms with Crippen LogP contribution in [-0.2, 0) is 19.6 Å². The van der Waals surface area contributed by atoms with Crippen molar-refractivity contribution in [2.24, 2.45) is 0 Å². The molecule has 3 aromatic rings. The van der Waals surface area contributed by atoms with Gasteiger partial charge in [0.1, 0.15) is 23.1 Å². The summed E-state index contributed by atoms with van der Waals surface area (Å²) in [6.07, 6.45) is 0.477. The number of aromatic nitrogens is 1. The van der Waals surface area contributed by atoms with Crippen LogP contribution in [0, 0.1) is 0 Å². The maximum absolute atomic E-state index is 10.3. The predicted octanol–water partition coefficient (Wildman–Crippen LogP) is 4.12. The van der Waals surface area contributed by atoms with Gasteiger partial charge < -0.3 is 19.9 Å². The number of rotatable bonds is 10. The summed E-state index contributed by atoms with van der Waals surface area (Å²) in [6, 6.07) is 15.6. The van der Waals surface area contributed by atoms with Crippen LogP contribution in [0.25, 0.3) is 0 Å². The van der Waals surface area contributed by atoms with Crippen LogP contribution < -0.4 is 14.8 Å². The van der Waals surface area contributed by atoms with Crippen molar-refractivity contribution in [2.45, 2.75) is 32.6 Å². The molecule has 0 amide bonds. The van der Waals surface area contributed by atoms with E-state index in [0.717, 1.165) is 34.2 Å². The minimum Gasteiger partial charge on any atom is -0.497 e. The van der Waals surface area contributed by atoms with Crippen molar-refractivity contribution < 1.29 is 14.6 Å². The Morgan fingerprint density at radius 3 is 2.46 bits per heavy atom. The molecule has 1 atom stereocenters. The molecule has 5 nitrogen and oxygen atoms in total. The summed E-state index contributed by atoms with van der Waals surface area (Å²) < 4.78 is 10.9. The number of nitrogens with one attached hydrogen (secondary N) is 1. The van der Waals surface area contributed by atoms with Gasteiger partial charge in [-0.3, -0.25) is 0 Å². The van der Waals surface area contributed by atoms with E-state index in [0.29, 0.717) is 19.7 Å². The summed E-state index contributed by atoms with van der Waals surface area (Å²) >= 11 is 1.57. The first-order chi connectivity index (χ1) is 13.7. The van der Waals surface area contributed by atoms with Crippen molar-refractivity contribution in [3.05, 3.63) is 75.7 Å². The van der Waals surface area contributed by atoms with Crippen LogP contribution in [0.2, 0.25) is 0 Å². The average Bonchev–Trinajstić information content (AvgIpc) is 3.20. The SMILES string of the molecule is CCc1ccc(C(O)CNCc2csc(COc3ccc(OC)cc3)n2)cc1. The van der Waals surface area contributed by atoms with Gasteiger partial charge in [0, 0.05) is 18.5 Å². The highest BCUT2D eigenvalue weighted by Gasteiger charge is 2.08. The van der Waals surface area contributed by atoms with Gasteiger partial charge in [0.2, 0.25) is 0 Å². The molecule has 0 saturated carbocycles. The lowest BCUT2D eigenvalue weighted by Gasteiger charge is -2.12. The summed E-state index contributed by atoms with van der Waals surface area (Å²) in [5.41, 5.74) is 3.15. The first-order valence-corrected chi connectivity index (χ1v) is 10.2. The zero-order valence-electron chi connectivity index (χ0n) is 16.2. The van der Waals surface area contributed by atoms with E-state index >= 15 is 0 Å². The quantitative estimate of drug-likeness (QED) is 0.538. The largest absolute Gasteiger partial charge is 0.497 e. The van der Waals surface area contributed by atoms with Crippen LogP contribution in [0.15, 0.2) is 53.9 Å². The molecule has 0 bridgehead atoms. The van der Waals surface area contributed by atoms with Crippen molar-refractivity contribution in [3.63, 3.8) is 0 Å². The van der Waals surface area contributed by atoms with Gasteiger partial charge in [-0.25, -0.2) is 4.98 Å². The molecule has 1 heterocycles. The van der Waals surface area contributed by atoms with Gasteiger partial charge >= 0.3 is 0 Å². The summed E-state index contributed by atoms with van der Waals surface area (Å²) in [4.78, 5) is 4.58. The first kappa shape index (κ1) is 20.3. The van der Waals surface area contributed by atoms with Gasteiger partial charge in [-0.15, -0.1) is 11.3 Å². The molecule has 2 aromatic carbocycles. The molecule has 1 aromatic heterocycles. The van der Waals surface area contributed by atoms with Crippen LogP contribution in [0.3, 0.4) is 0 Å². The van der Waals surface area contributed by atoms with Crippen LogP contribution in [-0.4, -0.2) is 23.7 Å². The smallest absolute Gasteiger partial charge is 0.140 e. The lowest BCUT2D eigenvalue weighted by atomic mass is 10.1. The number of nitrogens with zero attached hydrogens (tertiary/aromatic N) is 1. The molecule has 6 heteroatoms. The van der Waals surface area contributed by atoms with Gasteiger partial charge in [-0.2, -0.15) is 0 Å². The summed E-state index contributed by atoms with van der Waals surface area (Å²) in [7, 11) is 1.64. The van der Waals surface area contributed by atoms with Crippen molar-refractivity contribution in [3.8, 4) is 11.5 Å². The molecule has 28 heavy (non-hydrogen) atoms. The Kier molecular flexibility index (Phi) is 7.42. The Balaban J connectivity index is 1.42. The number of hydrogen-bond acceptors (Lipinski definition) is 6. The molecule has 0 aliphatic carbocycles. The van der Waals surface area contributed by atoms with Crippen molar-refractivity contribution in [2.75, 3.05) is 13.7 Å². The molecule has 0 aliphatic heterocycles. The number of aryl methyl sites for hydroxylation is 1. The highest BCUT2D eigenvalue weighted by molar-refractivity contribution is 7.09. The highest BCUT2D eigenvalue weighted by Crippen LogP contribution is 2.19. The van der Waals surface area contributed by atoms with Crippen molar-refractivity contribution in [1.82, 2.24) is 10.3 Å². The molecule has 1 unspecified atom stereocenters. The number of benzene rings is 2. The fourth-order valence-corrected chi connectivity index (χ4v) is 3.45. The number of aliphatic hydroxyl groups is 1. The Bertz CT molecular complexity index is 847. The fourth-order valence-electron chi connectivity index (χ4n) is 2.74. The van der Waals surface area contributed by atoms with Gasteiger partial charge in [0.05, 0.1) is 18.9 Å². The molecule has 0 fully saturated rings. The minimum absolute atomic E-state index is 0.434. The van der Waals surface area contributed by atoms with Crippen LogP contribution >= 0.6 is 11.3 Å². The van der Waals surface area contributed by atoms with E-state index in [-0.39, 0.29) is 0 Å². The molecule has 0 spiro atoms. The van der Waals surface area contributed by atoms with Crippen LogP contribution in [0.4, 0.5) is 0 Å². The zero-order chi connectivity index (χ0) is 19.8. The molecular weight excluding hydrogens is 372 g/mol. The van der Waals surface area contributed by atoms with E-state index in [1.165, 1.54) is 5.56 Å². The standard InChI is InChI=1S/C22H26N2O3S/c1-3-16-4-6-17(7-5-16)21(25)13-23-12-18-15-28-22(24-18)14-27-20-10-8-19(26-2)9-11-20/h4-11,15,21,23,25H,3,12-14H2,1-2H3. The van der Waals surface area contributed by atoms with E-state index in [1.807, 2.05) is 41.8 Å². The van der Waals surface area contributed by atoms with Crippen LogP contribution in [0.1, 0.15) is 34.9 Å². The normalized spacial score (nSPS) is 12.0. The summed E-state index contributed by atoms with van der Waals surface area (Å²) in [6.45, 7) is 3.66. The highest BCUT2D eigenvalue weighted by atomic mass is 32.1. The zero-order valence-corrected chi connectivity index (χ0v) is 17.0. The second kappa shape index (κ2) is 10.2. The van der Waals surface area contributed by atoms with E-state index in [1.54, 1.807) is 18.4 Å². The van der Waals surface area contributed by atoms with E-state index in [9.17, 15) is 5.11 Å². The Morgan fingerprint density at radius 2 is 1.79 bits per heavy atom. The number of hydrogen-bond donors (Lipinski definition) is 2. The molecule has 0 saturated heterocycles. The Morgan fingerprint density at radius 1 is 1.07 bits per heavy atom. The average molecular weight is 399 g/mol. The van der Waals surface area contributed by atoms with Gasteiger partial charge in [-0.1, -0.05) is 31.2 Å². The predicted molar refractivity (Wildman–Crippen MR) is 112 cm³/mol. The fraction of sp³-hybridized carbons (Fsp3) is 0.318. The molecule has 148 valence electrons. The summed E-state index contributed by atoms with van der Waals surface area (Å²) in [5.74, 6) is 1.59. The molecule has 0 radical (unpaired) electrons. The van der Waals surface area contributed by atoms with E-state index in [2.05, 4.69) is 29.4 Å². The topological polar surface area (TPSA) is 63.6 Å². The monoisotopic (exact) mass is 398 g/mol. The number of methoxy groups -OCH3 is 1. The molecular formula is C22H26N2O3S. The maximum Gasteiger partial charge on any atom is 0.140 e. The third kappa shape index (κ3) is 5.79. The van der Waals surface area contributed by atoms with Crippen molar-refractivity contribution in [1.29, 1.82) is 0 Å². The second-order valence-corrected chi connectivity index (χ2v) is 7.38. The van der Waals surface area contributed by atoms with Crippen molar-refractivity contribution >= 4 is 11.3 Å². The molecule has 3 rings (SSSR count). The van der Waals surface area contributed by atoms with Gasteiger partial charge in [0.15, 0.2) is 0 Å². The number of aliphatic hydroxyl groups excluding tert-OH is 1. The second-order valence-electron chi connectivity index (χ2n) is 6.44. The van der Waals surface area contributed by atoms with E-state index < -0.39 is 6.10 Å². The lowest BCUT2D eigenvalue weighted by molar-refractivity contribution is 0.174. The van der Waals surface area contributed by atoms with E-state index in [4.69, 9.17) is 9.47 Å². The minimum atomic E-state index is -0.526. The van der Waals surface area contributed by atoms with Gasteiger partial charge in [0.25, 0.3) is 0 Å². The molecule has 0 aliphatic rings. The Hall–Kier alpha value is -2.41. The first-order valence-electron chi connectivity index (χ1n) is 9.35.